The SMILES string of the molecule is CC(C)CCN(C(=O)c1ccc2nc(N)sc2c1)C1CC1. The molecule has 3 rings (SSSR count). The van der Waals surface area contributed by atoms with Gasteiger partial charge in [-0.2, -0.15) is 0 Å². The van der Waals surface area contributed by atoms with E-state index in [4.69, 9.17) is 5.73 Å². The Morgan fingerprint density at radius 2 is 2.24 bits per heavy atom. The summed E-state index contributed by atoms with van der Waals surface area (Å²) in [6.45, 7) is 5.24. The first-order valence-electron chi connectivity index (χ1n) is 7.51. The van der Waals surface area contributed by atoms with Crippen LogP contribution < -0.4 is 5.73 Å². The van der Waals surface area contributed by atoms with Gasteiger partial charge in [-0.25, -0.2) is 4.98 Å². The molecule has 1 amide bonds. The van der Waals surface area contributed by atoms with E-state index in [1.807, 2.05) is 23.1 Å². The molecule has 1 fully saturated rings. The molecule has 21 heavy (non-hydrogen) atoms. The van der Waals surface area contributed by atoms with Crippen LogP contribution in [0.1, 0.15) is 43.5 Å². The highest BCUT2D eigenvalue weighted by molar-refractivity contribution is 7.22. The van der Waals surface area contributed by atoms with Crippen LogP contribution in [0.25, 0.3) is 10.2 Å². The summed E-state index contributed by atoms with van der Waals surface area (Å²) in [5.41, 5.74) is 7.35. The van der Waals surface area contributed by atoms with Crippen molar-refractivity contribution in [3.8, 4) is 0 Å². The number of anilines is 1. The number of amides is 1. The number of rotatable bonds is 5. The minimum Gasteiger partial charge on any atom is -0.375 e. The van der Waals surface area contributed by atoms with Crippen molar-refractivity contribution in [3.05, 3.63) is 23.8 Å². The second-order valence-electron chi connectivity index (χ2n) is 6.15. The average Bonchev–Trinajstić information content (AvgIpc) is 3.18. The summed E-state index contributed by atoms with van der Waals surface area (Å²) in [5.74, 6) is 0.759. The maximum Gasteiger partial charge on any atom is 0.254 e. The average molecular weight is 303 g/mol. The van der Waals surface area contributed by atoms with E-state index >= 15 is 0 Å². The molecule has 0 radical (unpaired) electrons. The van der Waals surface area contributed by atoms with Crippen molar-refractivity contribution >= 4 is 32.6 Å². The number of benzene rings is 1. The summed E-state index contributed by atoms with van der Waals surface area (Å²) in [4.78, 5) is 19.1. The van der Waals surface area contributed by atoms with E-state index in [9.17, 15) is 4.79 Å². The third-order valence-corrected chi connectivity index (χ3v) is 4.70. The third-order valence-electron chi connectivity index (χ3n) is 3.85. The number of nitrogen functional groups attached to an aromatic ring is 1. The smallest absolute Gasteiger partial charge is 0.254 e. The van der Waals surface area contributed by atoms with E-state index < -0.39 is 0 Å². The van der Waals surface area contributed by atoms with E-state index in [2.05, 4.69) is 18.8 Å². The van der Waals surface area contributed by atoms with Crippen LogP contribution in [-0.2, 0) is 0 Å². The van der Waals surface area contributed by atoms with Gasteiger partial charge in [-0.05, 0) is 43.4 Å². The highest BCUT2D eigenvalue weighted by Gasteiger charge is 2.32. The molecule has 2 aromatic rings. The molecule has 1 aromatic heterocycles. The molecule has 1 aromatic carbocycles. The monoisotopic (exact) mass is 303 g/mol. The largest absolute Gasteiger partial charge is 0.375 e. The molecule has 112 valence electrons. The van der Waals surface area contributed by atoms with E-state index in [0.29, 0.717) is 17.1 Å². The second kappa shape index (κ2) is 5.64. The molecular weight excluding hydrogens is 282 g/mol. The first-order chi connectivity index (χ1) is 10.0. The normalized spacial score (nSPS) is 14.8. The van der Waals surface area contributed by atoms with Crippen molar-refractivity contribution in [2.45, 2.75) is 39.2 Å². The lowest BCUT2D eigenvalue weighted by atomic mass is 10.1. The van der Waals surface area contributed by atoms with Crippen molar-refractivity contribution in [2.24, 2.45) is 5.92 Å². The minimum atomic E-state index is 0.145. The molecular formula is C16H21N3OS. The first kappa shape index (κ1) is 14.3. The first-order valence-corrected chi connectivity index (χ1v) is 8.33. The van der Waals surface area contributed by atoms with Crippen molar-refractivity contribution in [1.82, 2.24) is 9.88 Å². The molecule has 0 spiro atoms. The van der Waals surface area contributed by atoms with Crippen molar-refractivity contribution in [2.75, 3.05) is 12.3 Å². The van der Waals surface area contributed by atoms with E-state index in [1.165, 1.54) is 11.3 Å². The topological polar surface area (TPSA) is 59.2 Å². The summed E-state index contributed by atoms with van der Waals surface area (Å²) in [7, 11) is 0. The Bertz CT molecular complexity index is 661. The summed E-state index contributed by atoms with van der Waals surface area (Å²) in [6.07, 6.45) is 3.33. The quantitative estimate of drug-likeness (QED) is 0.919. The second-order valence-corrected chi connectivity index (χ2v) is 7.21. The van der Waals surface area contributed by atoms with Crippen LogP contribution in [0.3, 0.4) is 0 Å². The van der Waals surface area contributed by atoms with Crippen LogP contribution in [0.5, 0.6) is 0 Å². The van der Waals surface area contributed by atoms with Gasteiger partial charge in [0, 0.05) is 18.2 Å². The predicted octanol–water partition coefficient (Wildman–Crippen LogP) is 3.53. The van der Waals surface area contributed by atoms with Gasteiger partial charge in [0.1, 0.15) is 0 Å². The standard InChI is InChI=1S/C16H21N3OS/c1-10(2)7-8-19(12-4-5-12)15(20)11-3-6-13-14(9-11)21-16(17)18-13/h3,6,9-10,12H,4-5,7-8H2,1-2H3,(H2,17,18). The van der Waals surface area contributed by atoms with Crippen LogP contribution in [0, 0.1) is 5.92 Å². The third kappa shape index (κ3) is 3.18. The predicted molar refractivity (Wildman–Crippen MR) is 87.5 cm³/mol. The number of carbonyl (C=O) groups excluding carboxylic acids is 1. The van der Waals surface area contributed by atoms with Crippen LogP contribution in [0.2, 0.25) is 0 Å². The van der Waals surface area contributed by atoms with E-state index in [-0.39, 0.29) is 5.91 Å². The molecule has 1 aliphatic rings. The summed E-state index contributed by atoms with van der Waals surface area (Å²) in [6, 6.07) is 6.13. The van der Waals surface area contributed by atoms with Crippen molar-refractivity contribution in [3.63, 3.8) is 0 Å². The molecule has 1 saturated carbocycles. The fourth-order valence-corrected chi connectivity index (χ4v) is 3.25. The molecule has 0 saturated heterocycles. The van der Waals surface area contributed by atoms with Gasteiger partial charge in [0.25, 0.3) is 5.91 Å². The van der Waals surface area contributed by atoms with Gasteiger partial charge in [-0.3, -0.25) is 4.79 Å². The number of hydrogen-bond donors (Lipinski definition) is 1. The van der Waals surface area contributed by atoms with Gasteiger partial charge in [0.05, 0.1) is 10.2 Å². The Kier molecular flexibility index (Phi) is 3.85. The van der Waals surface area contributed by atoms with Gasteiger partial charge in [-0.15, -0.1) is 0 Å². The molecule has 0 atom stereocenters. The molecule has 1 heterocycles. The fraction of sp³-hybridized carbons (Fsp3) is 0.500. The van der Waals surface area contributed by atoms with Crippen LogP contribution >= 0.6 is 11.3 Å². The Morgan fingerprint density at radius 1 is 1.48 bits per heavy atom. The highest BCUT2D eigenvalue weighted by atomic mass is 32.1. The lowest BCUT2D eigenvalue weighted by Gasteiger charge is -2.23. The summed E-state index contributed by atoms with van der Waals surface area (Å²) >= 11 is 1.43. The molecule has 0 unspecified atom stereocenters. The highest BCUT2D eigenvalue weighted by Crippen LogP contribution is 2.30. The Labute approximate surface area is 129 Å². The van der Waals surface area contributed by atoms with E-state index in [1.54, 1.807) is 0 Å². The fourth-order valence-electron chi connectivity index (χ4n) is 2.47. The van der Waals surface area contributed by atoms with Gasteiger partial charge >= 0.3 is 0 Å². The Balaban J connectivity index is 1.82. The lowest BCUT2D eigenvalue weighted by molar-refractivity contribution is 0.0735. The van der Waals surface area contributed by atoms with Crippen LogP contribution in [-0.4, -0.2) is 28.4 Å². The number of nitrogens with two attached hydrogens (primary N) is 1. The Hall–Kier alpha value is -1.62. The van der Waals surface area contributed by atoms with Gasteiger partial charge in [-0.1, -0.05) is 25.2 Å². The zero-order valence-corrected chi connectivity index (χ0v) is 13.3. The van der Waals surface area contributed by atoms with Crippen molar-refractivity contribution in [1.29, 1.82) is 0 Å². The number of carbonyl (C=O) groups is 1. The van der Waals surface area contributed by atoms with E-state index in [0.717, 1.165) is 41.6 Å². The van der Waals surface area contributed by atoms with Crippen molar-refractivity contribution < 1.29 is 4.79 Å². The molecule has 5 heteroatoms. The minimum absolute atomic E-state index is 0.145. The van der Waals surface area contributed by atoms with Crippen LogP contribution in [0.4, 0.5) is 5.13 Å². The number of fused-ring (bicyclic) bond motifs is 1. The molecule has 2 N–H and O–H groups in total. The van der Waals surface area contributed by atoms with Crippen LogP contribution in [0.15, 0.2) is 18.2 Å². The van der Waals surface area contributed by atoms with Gasteiger partial charge in [0.2, 0.25) is 0 Å². The lowest BCUT2D eigenvalue weighted by Crippen LogP contribution is -2.34. The number of aromatic nitrogens is 1. The van der Waals surface area contributed by atoms with Gasteiger partial charge < -0.3 is 10.6 Å². The number of thiazole rings is 1. The zero-order valence-electron chi connectivity index (χ0n) is 12.5. The number of hydrogen-bond acceptors (Lipinski definition) is 4. The maximum atomic E-state index is 12.8. The zero-order chi connectivity index (χ0) is 15.0. The molecule has 1 aliphatic carbocycles. The summed E-state index contributed by atoms with van der Waals surface area (Å²) < 4.78 is 0.984. The molecule has 0 aliphatic heterocycles. The maximum absolute atomic E-state index is 12.8. The van der Waals surface area contributed by atoms with Gasteiger partial charge in [0.15, 0.2) is 5.13 Å². The Morgan fingerprint density at radius 3 is 2.90 bits per heavy atom. The summed E-state index contributed by atoms with van der Waals surface area (Å²) in [5, 5.41) is 0.549. The molecule has 0 bridgehead atoms. The number of nitrogens with zero attached hydrogens (tertiary/aromatic N) is 2. The molecule has 4 nitrogen and oxygen atoms in total.